The summed E-state index contributed by atoms with van der Waals surface area (Å²) in [5.74, 6) is 1.42. The summed E-state index contributed by atoms with van der Waals surface area (Å²) >= 11 is 3.22. The van der Waals surface area contributed by atoms with Gasteiger partial charge in [-0.15, -0.1) is 22.7 Å². The Hall–Kier alpha value is -1.20. The molecule has 3 nitrogen and oxygen atoms in total. The minimum absolute atomic E-state index is 0.0232. The molecule has 0 radical (unpaired) electrons. The smallest absolute Gasteiger partial charge is 0.267 e. The zero-order chi connectivity index (χ0) is 15.1. The van der Waals surface area contributed by atoms with Crippen LogP contribution in [0.5, 0.6) is 0 Å². The number of fused-ring (bicyclic) bond motifs is 1. The van der Waals surface area contributed by atoms with Crippen LogP contribution in [0.4, 0.5) is 5.13 Å². The van der Waals surface area contributed by atoms with Gasteiger partial charge < -0.3 is 0 Å². The Kier molecular flexibility index (Phi) is 3.78. The largest absolute Gasteiger partial charge is 0.297 e. The third kappa shape index (κ3) is 2.72. The monoisotopic (exact) mass is 332 g/mol. The normalized spacial score (nSPS) is 20.7. The van der Waals surface area contributed by atoms with Crippen LogP contribution in [0.2, 0.25) is 0 Å². The van der Waals surface area contributed by atoms with E-state index in [9.17, 15) is 4.79 Å². The molecule has 0 bridgehead atoms. The Morgan fingerprint density at radius 3 is 3.05 bits per heavy atom. The van der Waals surface area contributed by atoms with Gasteiger partial charge in [-0.25, -0.2) is 4.98 Å². The van der Waals surface area contributed by atoms with Crippen molar-refractivity contribution in [3.63, 3.8) is 0 Å². The SMILES string of the molecule is CCC1CCc2nc(NC(=O)c3sccc3C3CC3)sc2C1. The number of amides is 1. The number of carbonyl (C=O) groups excluding carboxylic acids is 1. The van der Waals surface area contributed by atoms with Gasteiger partial charge in [0.05, 0.1) is 10.6 Å². The molecule has 1 N–H and O–H groups in total. The summed E-state index contributed by atoms with van der Waals surface area (Å²) in [4.78, 5) is 19.4. The molecule has 2 aliphatic rings. The molecule has 2 heterocycles. The second-order valence-electron chi connectivity index (χ2n) is 6.34. The predicted octanol–water partition coefficient (Wildman–Crippen LogP) is 4.85. The van der Waals surface area contributed by atoms with Gasteiger partial charge in [-0.1, -0.05) is 13.3 Å². The lowest BCUT2D eigenvalue weighted by atomic mass is 9.89. The number of rotatable bonds is 4. The molecule has 2 aromatic rings. The van der Waals surface area contributed by atoms with Crippen molar-refractivity contribution in [2.24, 2.45) is 5.92 Å². The number of hydrogen-bond acceptors (Lipinski definition) is 4. The number of nitrogens with zero attached hydrogens (tertiary/aromatic N) is 1. The van der Waals surface area contributed by atoms with E-state index in [0.717, 1.165) is 28.8 Å². The standard InChI is InChI=1S/C17H20N2OS2/c1-2-10-3-6-13-14(9-10)22-17(18-13)19-16(20)15-12(7-8-21-15)11-4-5-11/h7-8,10-11H,2-6,9H2,1H3,(H,18,19,20). The average molecular weight is 332 g/mol. The van der Waals surface area contributed by atoms with Gasteiger partial charge in [-0.05, 0) is 60.9 Å². The van der Waals surface area contributed by atoms with Gasteiger partial charge in [0.1, 0.15) is 0 Å². The van der Waals surface area contributed by atoms with E-state index in [4.69, 9.17) is 0 Å². The fourth-order valence-electron chi connectivity index (χ4n) is 3.22. The van der Waals surface area contributed by atoms with Gasteiger partial charge in [0, 0.05) is 4.88 Å². The van der Waals surface area contributed by atoms with Crippen molar-refractivity contribution in [2.75, 3.05) is 5.32 Å². The van der Waals surface area contributed by atoms with E-state index in [-0.39, 0.29) is 5.91 Å². The van der Waals surface area contributed by atoms with E-state index in [1.807, 2.05) is 5.38 Å². The van der Waals surface area contributed by atoms with Crippen molar-refractivity contribution in [1.29, 1.82) is 0 Å². The molecule has 2 aliphatic carbocycles. The highest BCUT2D eigenvalue weighted by atomic mass is 32.1. The highest BCUT2D eigenvalue weighted by molar-refractivity contribution is 7.16. The van der Waals surface area contributed by atoms with E-state index < -0.39 is 0 Å². The van der Waals surface area contributed by atoms with Gasteiger partial charge in [-0.2, -0.15) is 0 Å². The maximum absolute atomic E-state index is 12.5. The summed E-state index contributed by atoms with van der Waals surface area (Å²) in [5, 5.41) is 5.84. The number of thiazole rings is 1. The van der Waals surface area contributed by atoms with E-state index >= 15 is 0 Å². The number of anilines is 1. The van der Waals surface area contributed by atoms with Crippen LogP contribution in [-0.2, 0) is 12.8 Å². The van der Waals surface area contributed by atoms with Crippen molar-refractivity contribution in [3.05, 3.63) is 32.5 Å². The Labute approximate surface area is 138 Å². The van der Waals surface area contributed by atoms with E-state index in [1.54, 1.807) is 22.7 Å². The Morgan fingerprint density at radius 1 is 1.41 bits per heavy atom. The van der Waals surface area contributed by atoms with Crippen LogP contribution in [0.3, 0.4) is 0 Å². The molecule has 22 heavy (non-hydrogen) atoms. The van der Waals surface area contributed by atoms with Gasteiger partial charge in [0.2, 0.25) is 0 Å². The molecule has 1 fully saturated rings. The van der Waals surface area contributed by atoms with Gasteiger partial charge in [-0.3, -0.25) is 10.1 Å². The Balaban J connectivity index is 1.50. The predicted molar refractivity (Wildman–Crippen MR) is 92.2 cm³/mol. The molecule has 0 saturated heterocycles. The fraction of sp³-hybridized carbons (Fsp3) is 0.529. The Bertz CT molecular complexity index is 699. The van der Waals surface area contributed by atoms with Gasteiger partial charge in [0.15, 0.2) is 5.13 Å². The minimum atomic E-state index is 0.0232. The van der Waals surface area contributed by atoms with E-state index in [1.165, 1.54) is 41.8 Å². The molecular formula is C17H20N2OS2. The summed E-state index contributed by atoms with van der Waals surface area (Å²) in [6, 6.07) is 2.11. The average Bonchev–Trinajstić information content (AvgIpc) is 3.11. The zero-order valence-electron chi connectivity index (χ0n) is 12.7. The summed E-state index contributed by atoms with van der Waals surface area (Å²) in [7, 11) is 0. The fourth-order valence-corrected chi connectivity index (χ4v) is 5.22. The van der Waals surface area contributed by atoms with Crippen LogP contribution < -0.4 is 5.32 Å². The van der Waals surface area contributed by atoms with Crippen LogP contribution in [-0.4, -0.2) is 10.9 Å². The number of hydrogen-bond donors (Lipinski definition) is 1. The van der Waals surface area contributed by atoms with Gasteiger partial charge >= 0.3 is 0 Å². The molecule has 116 valence electrons. The first-order valence-corrected chi connectivity index (χ1v) is 9.81. The Morgan fingerprint density at radius 2 is 2.27 bits per heavy atom. The zero-order valence-corrected chi connectivity index (χ0v) is 14.4. The number of thiophene rings is 1. The second-order valence-corrected chi connectivity index (χ2v) is 8.34. The van der Waals surface area contributed by atoms with Crippen LogP contribution in [0, 0.1) is 5.92 Å². The highest BCUT2D eigenvalue weighted by Crippen LogP contribution is 2.43. The molecule has 0 aromatic carbocycles. The second kappa shape index (κ2) is 5.78. The maximum Gasteiger partial charge on any atom is 0.267 e. The molecule has 0 spiro atoms. The summed E-state index contributed by atoms with van der Waals surface area (Å²) in [5.41, 5.74) is 2.44. The van der Waals surface area contributed by atoms with Crippen LogP contribution in [0.25, 0.3) is 0 Å². The van der Waals surface area contributed by atoms with Crippen molar-refractivity contribution in [3.8, 4) is 0 Å². The topological polar surface area (TPSA) is 42.0 Å². The lowest BCUT2D eigenvalue weighted by Gasteiger charge is -2.18. The van der Waals surface area contributed by atoms with Gasteiger partial charge in [0.25, 0.3) is 5.91 Å². The molecular weight excluding hydrogens is 312 g/mol. The van der Waals surface area contributed by atoms with Crippen molar-refractivity contribution >= 4 is 33.7 Å². The molecule has 0 aliphatic heterocycles. The minimum Gasteiger partial charge on any atom is -0.297 e. The summed E-state index contributed by atoms with van der Waals surface area (Å²) in [6.45, 7) is 2.26. The summed E-state index contributed by atoms with van der Waals surface area (Å²) in [6.07, 6.45) is 7.11. The third-order valence-corrected chi connectivity index (χ3v) is 6.72. The van der Waals surface area contributed by atoms with E-state index in [2.05, 4.69) is 23.3 Å². The molecule has 1 atom stereocenters. The first kappa shape index (κ1) is 14.4. The number of nitrogens with one attached hydrogen (secondary N) is 1. The lowest BCUT2D eigenvalue weighted by Crippen LogP contribution is -2.12. The summed E-state index contributed by atoms with van der Waals surface area (Å²) < 4.78 is 0. The number of carbonyl (C=O) groups is 1. The number of aryl methyl sites for hydroxylation is 1. The third-order valence-electron chi connectivity index (χ3n) is 4.76. The molecule has 5 heteroatoms. The maximum atomic E-state index is 12.5. The quantitative estimate of drug-likeness (QED) is 0.869. The van der Waals surface area contributed by atoms with Crippen molar-refractivity contribution in [1.82, 2.24) is 4.98 Å². The van der Waals surface area contributed by atoms with Crippen LogP contribution in [0.1, 0.15) is 64.3 Å². The van der Waals surface area contributed by atoms with Crippen LogP contribution in [0.15, 0.2) is 11.4 Å². The molecule has 1 unspecified atom stereocenters. The highest BCUT2D eigenvalue weighted by Gasteiger charge is 2.29. The van der Waals surface area contributed by atoms with Crippen molar-refractivity contribution < 1.29 is 4.79 Å². The lowest BCUT2D eigenvalue weighted by molar-refractivity contribution is 0.102. The molecule has 4 rings (SSSR count). The van der Waals surface area contributed by atoms with Crippen LogP contribution >= 0.6 is 22.7 Å². The molecule has 1 saturated carbocycles. The molecule has 1 amide bonds. The first-order valence-electron chi connectivity index (χ1n) is 8.12. The number of aromatic nitrogens is 1. The molecule has 2 aromatic heterocycles. The van der Waals surface area contributed by atoms with E-state index in [0.29, 0.717) is 5.92 Å². The van der Waals surface area contributed by atoms with Crippen molar-refractivity contribution in [2.45, 2.75) is 51.4 Å². The first-order chi connectivity index (χ1) is 10.7.